The highest BCUT2D eigenvalue weighted by Gasteiger charge is 2.15. The molecular weight excluding hydrogens is 148 g/mol. The van der Waals surface area contributed by atoms with Crippen molar-refractivity contribution in [3.05, 3.63) is 6.20 Å². The van der Waals surface area contributed by atoms with E-state index >= 15 is 0 Å². The van der Waals surface area contributed by atoms with E-state index in [9.17, 15) is 0 Å². The number of hydrogen-bond acceptors (Lipinski definition) is 4. The fourth-order valence-electron chi connectivity index (χ4n) is 0.954. The van der Waals surface area contributed by atoms with Crippen molar-refractivity contribution in [3.8, 4) is 0 Å². The van der Waals surface area contributed by atoms with Crippen molar-refractivity contribution in [2.45, 2.75) is 17.6 Å². The molecule has 0 aromatic carbocycles. The molecular formula is C5H8N4S. The van der Waals surface area contributed by atoms with Crippen LogP contribution in [0.25, 0.3) is 0 Å². The maximum Gasteiger partial charge on any atom is 0.114 e. The first-order valence-electron chi connectivity index (χ1n) is 3.13. The summed E-state index contributed by atoms with van der Waals surface area (Å²) < 4.78 is 1.85. The Bertz CT molecular complexity index is 233. The Balaban J connectivity index is 2.30. The fraction of sp³-hybridized carbons (Fsp3) is 0.600. The average molecular weight is 156 g/mol. The van der Waals surface area contributed by atoms with Gasteiger partial charge in [0.05, 0.1) is 12.7 Å². The Labute approximate surface area is 62.8 Å². The SMILES string of the molecule is NC1CSc2cnnn2C1. The molecule has 0 saturated carbocycles. The third-order valence-electron chi connectivity index (χ3n) is 1.43. The summed E-state index contributed by atoms with van der Waals surface area (Å²) in [4.78, 5) is 0. The second kappa shape index (κ2) is 2.25. The predicted molar refractivity (Wildman–Crippen MR) is 38.7 cm³/mol. The topological polar surface area (TPSA) is 56.7 Å². The molecule has 0 bridgehead atoms. The second-order valence-electron chi connectivity index (χ2n) is 2.33. The van der Waals surface area contributed by atoms with Gasteiger partial charge in [-0.2, -0.15) is 0 Å². The minimum atomic E-state index is 0.235. The van der Waals surface area contributed by atoms with Gasteiger partial charge in [0.15, 0.2) is 0 Å². The molecule has 0 spiro atoms. The minimum absolute atomic E-state index is 0.235. The monoisotopic (exact) mass is 156 g/mol. The zero-order valence-electron chi connectivity index (χ0n) is 5.40. The molecule has 2 heterocycles. The number of thioether (sulfide) groups is 1. The van der Waals surface area contributed by atoms with Gasteiger partial charge < -0.3 is 5.73 Å². The molecule has 0 amide bonds. The lowest BCUT2D eigenvalue weighted by Crippen LogP contribution is -2.32. The van der Waals surface area contributed by atoms with E-state index in [-0.39, 0.29) is 6.04 Å². The molecule has 0 fully saturated rings. The summed E-state index contributed by atoms with van der Waals surface area (Å²) in [7, 11) is 0. The van der Waals surface area contributed by atoms with Crippen LogP contribution in [0.5, 0.6) is 0 Å². The van der Waals surface area contributed by atoms with Crippen LogP contribution in [-0.2, 0) is 6.54 Å². The molecule has 1 aliphatic heterocycles. The Morgan fingerprint density at radius 1 is 1.80 bits per heavy atom. The quantitative estimate of drug-likeness (QED) is 0.561. The third-order valence-corrected chi connectivity index (χ3v) is 2.64. The molecule has 1 unspecified atom stereocenters. The zero-order valence-corrected chi connectivity index (χ0v) is 6.21. The Morgan fingerprint density at radius 3 is 3.60 bits per heavy atom. The molecule has 1 aromatic rings. The van der Waals surface area contributed by atoms with E-state index in [1.54, 1.807) is 18.0 Å². The number of nitrogens with two attached hydrogens (primary N) is 1. The maximum absolute atomic E-state index is 5.70. The van der Waals surface area contributed by atoms with Crippen molar-refractivity contribution < 1.29 is 0 Å². The Hall–Kier alpha value is -0.550. The molecule has 0 saturated heterocycles. The van der Waals surface area contributed by atoms with Crippen molar-refractivity contribution >= 4 is 11.8 Å². The van der Waals surface area contributed by atoms with E-state index < -0.39 is 0 Å². The first kappa shape index (κ1) is 6.18. The summed E-state index contributed by atoms with van der Waals surface area (Å²) in [6, 6.07) is 0.235. The van der Waals surface area contributed by atoms with Gasteiger partial charge in [-0.25, -0.2) is 4.68 Å². The molecule has 1 aliphatic rings. The smallest absolute Gasteiger partial charge is 0.114 e. The molecule has 0 aliphatic carbocycles. The van der Waals surface area contributed by atoms with Crippen molar-refractivity contribution in [1.82, 2.24) is 15.0 Å². The normalized spacial score (nSPS) is 24.3. The van der Waals surface area contributed by atoms with Gasteiger partial charge in [0.2, 0.25) is 0 Å². The third kappa shape index (κ3) is 0.911. The molecule has 2 rings (SSSR count). The van der Waals surface area contributed by atoms with Gasteiger partial charge >= 0.3 is 0 Å². The lowest BCUT2D eigenvalue weighted by atomic mass is 10.4. The van der Waals surface area contributed by atoms with Crippen molar-refractivity contribution in [2.24, 2.45) is 5.73 Å². The lowest BCUT2D eigenvalue weighted by molar-refractivity contribution is 0.485. The molecule has 2 N–H and O–H groups in total. The van der Waals surface area contributed by atoms with Gasteiger partial charge in [-0.1, -0.05) is 5.21 Å². The summed E-state index contributed by atoms with van der Waals surface area (Å²) in [6.07, 6.45) is 1.77. The van der Waals surface area contributed by atoms with Crippen LogP contribution >= 0.6 is 11.8 Å². The predicted octanol–water partition coefficient (Wildman–Crippen LogP) is -0.289. The highest BCUT2D eigenvalue weighted by Crippen LogP contribution is 2.21. The summed E-state index contributed by atoms with van der Waals surface area (Å²) in [5.74, 6) is 0.980. The lowest BCUT2D eigenvalue weighted by Gasteiger charge is -2.17. The van der Waals surface area contributed by atoms with E-state index in [4.69, 9.17) is 5.73 Å². The zero-order chi connectivity index (χ0) is 6.97. The number of fused-ring (bicyclic) bond motifs is 1. The van der Waals surface area contributed by atoms with E-state index in [1.807, 2.05) is 4.68 Å². The summed E-state index contributed by atoms with van der Waals surface area (Å²) in [6.45, 7) is 0.808. The van der Waals surface area contributed by atoms with Gasteiger partial charge in [-0.15, -0.1) is 16.9 Å². The maximum atomic E-state index is 5.70. The fourth-order valence-corrected chi connectivity index (χ4v) is 1.83. The minimum Gasteiger partial charge on any atom is -0.325 e. The van der Waals surface area contributed by atoms with Gasteiger partial charge in [0, 0.05) is 11.8 Å². The van der Waals surface area contributed by atoms with E-state index in [1.165, 1.54) is 0 Å². The number of rotatable bonds is 0. The first-order valence-corrected chi connectivity index (χ1v) is 4.11. The highest BCUT2D eigenvalue weighted by atomic mass is 32.2. The molecule has 1 atom stereocenters. The van der Waals surface area contributed by atoms with Gasteiger partial charge in [0.25, 0.3) is 0 Å². The van der Waals surface area contributed by atoms with Crippen LogP contribution in [0.1, 0.15) is 0 Å². The van der Waals surface area contributed by atoms with Crippen molar-refractivity contribution in [1.29, 1.82) is 0 Å². The van der Waals surface area contributed by atoms with Crippen LogP contribution < -0.4 is 5.73 Å². The molecule has 5 heteroatoms. The number of aromatic nitrogens is 3. The molecule has 0 radical (unpaired) electrons. The van der Waals surface area contributed by atoms with Gasteiger partial charge in [0.1, 0.15) is 5.03 Å². The molecule has 10 heavy (non-hydrogen) atoms. The molecule has 54 valence electrons. The van der Waals surface area contributed by atoms with Crippen LogP contribution in [-0.4, -0.2) is 26.8 Å². The van der Waals surface area contributed by atoms with Crippen LogP contribution in [0, 0.1) is 0 Å². The molecule has 1 aromatic heterocycles. The van der Waals surface area contributed by atoms with Gasteiger partial charge in [-0.05, 0) is 0 Å². The number of hydrogen-bond donors (Lipinski definition) is 1. The highest BCUT2D eigenvalue weighted by molar-refractivity contribution is 7.99. The molecule has 4 nitrogen and oxygen atoms in total. The summed E-state index contributed by atoms with van der Waals surface area (Å²) in [5, 5.41) is 8.77. The van der Waals surface area contributed by atoms with Crippen LogP contribution in [0.3, 0.4) is 0 Å². The first-order chi connectivity index (χ1) is 4.86. The van der Waals surface area contributed by atoms with E-state index in [0.717, 1.165) is 17.3 Å². The van der Waals surface area contributed by atoms with E-state index in [0.29, 0.717) is 0 Å². The Kier molecular flexibility index (Phi) is 1.39. The van der Waals surface area contributed by atoms with Gasteiger partial charge in [-0.3, -0.25) is 0 Å². The summed E-state index contributed by atoms with van der Waals surface area (Å²) >= 11 is 1.72. The Morgan fingerprint density at radius 2 is 2.70 bits per heavy atom. The van der Waals surface area contributed by atoms with Crippen LogP contribution in [0.15, 0.2) is 11.2 Å². The number of nitrogens with zero attached hydrogens (tertiary/aromatic N) is 3. The van der Waals surface area contributed by atoms with Crippen molar-refractivity contribution in [3.63, 3.8) is 0 Å². The van der Waals surface area contributed by atoms with E-state index in [2.05, 4.69) is 10.3 Å². The van der Waals surface area contributed by atoms with Crippen LogP contribution in [0.4, 0.5) is 0 Å². The standard InChI is InChI=1S/C5H8N4S/c6-4-2-9-5(10-3-4)1-7-8-9/h1,4H,2-3,6H2. The largest absolute Gasteiger partial charge is 0.325 e. The summed E-state index contributed by atoms with van der Waals surface area (Å²) in [5.41, 5.74) is 5.70. The van der Waals surface area contributed by atoms with Crippen LogP contribution in [0.2, 0.25) is 0 Å². The average Bonchev–Trinajstić information content (AvgIpc) is 2.33. The van der Waals surface area contributed by atoms with Crippen molar-refractivity contribution in [2.75, 3.05) is 5.75 Å². The second-order valence-corrected chi connectivity index (χ2v) is 3.37.